The molecule has 1 aromatic carbocycles. The number of alkyl halides is 3. The van der Waals surface area contributed by atoms with E-state index in [1.54, 1.807) is 0 Å². The Balaban J connectivity index is 2.71. The van der Waals surface area contributed by atoms with Crippen molar-refractivity contribution in [1.82, 2.24) is 4.98 Å². The number of benzene rings is 1. The molecule has 0 spiro atoms. The van der Waals surface area contributed by atoms with Gasteiger partial charge >= 0.3 is 6.18 Å². The lowest BCUT2D eigenvalue weighted by molar-refractivity contribution is -0.140. The Bertz CT molecular complexity index is 511. The molecule has 0 aliphatic heterocycles. The van der Waals surface area contributed by atoms with Gasteiger partial charge in [-0.3, -0.25) is 0 Å². The number of rotatable bonds is 0. The molecule has 0 saturated heterocycles. The van der Waals surface area contributed by atoms with Crippen molar-refractivity contribution in [1.29, 1.82) is 0 Å². The molecule has 0 fully saturated rings. The Labute approximate surface area is 80.5 Å². The van der Waals surface area contributed by atoms with E-state index in [2.05, 4.69) is 0 Å². The summed E-state index contributed by atoms with van der Waals surface area (Å²) in [5.74, 6) is -1.95. The van der Waals surface area contributed by atoms with Gasteiger partial charge in [-0.2, -0.15) is 13.2 Å². The first-order chi connectivity index (χ1) is 6.88. The molecule has 80 valence electrons. The van der Waals surface area contributed by atoms with Crippen LogP contribution < -0.4 is 0 Å². The number of nitrogens with one attached hydrogen (secondary N) is 1. The van der Waals surface area contributed by atoms with E-state index in [9.17, 15) is 22.0 Å². The monoisotopic (exact) mass is 221 g/mol. The summed E-state index contributed by atoms with van der Waals surface area (Å²) in [7, 11) is 0. The molecular formula is C9H4F5N. The Morgan fingerprint density at radius 1 is 1.00 bits per heavy atom. The summed E-state index contributed by atoms with van der Waals surface area (Å²) in [5.41, 5.74) is -1.44. The highest BCUT2D eigenvalue weighted by molar-refractivity contribution is 5.81. The third-order valence-corrected chi connectivity index (χ3v) is 1.95. The molecule has 1 N–H and O–H groups in total. The fraction of sp³-hybridized carbons (Fsp3) is 0.111. The molecule has 0 aliphatic rings. The van der Waals surface area contributed by atoms with Crippen molar-refractivity contribution in [2.24, 2.45) is 0 Å². The van der Waals surface area contributed by atoms with Crippen LogP contribution in [0.4, 0.5) is 22.0 Å². The zero-order valence-corrected chi connectivity index (χ0v) is 7.12. The van der Waals surface area contributed by atoms with Crippen LogP contribution >= 0.6 is 0 Å². The van der Waals surface area contributed by atoms with Crippen LogP contribution in [-0.2, 0) is 6.18 Å². The van der Waals surface area contributed by atoms with Gasteiger partial charge in [0.05, 0.1) is 5.52 Å². The number of hydrogen-bond acceptors (Lipinski definition) is 0. The minimum Gasteiger partial charge on any atom is -0.349 e. The molecule has 1 aromatic heterocycles. The second-order valence-electron chi connectivity index (χ2n) is 3.03. The first kappa shape index (κ1) is 9.95. The van der Waals surface area contributed by atoms with Crippen molar-refractivity contribution in [3.05, 3.63) is 35.5 Å². The van der Waals surface area contributed by atoms with Gasteiger partial charge in [0.1, 0.15) is 17.3 Å². The van der Waals surface area contributed by atoms with Gasteiger partial charge in [0.15, 0.2) is 0 Å². The van der Waals surface area contributed by atoms with E-state index in [1.807, 2.05) is 4.98 Å². The maximum Gasteiger partial charge on any atom is 0.431 e. The Morgan fingerprint density at radius 3 is 2.27 bits per heavy atom. The van der Waals surface area contributed by atoms with E-state index in [-0.39, 0.29) is 10.9 Å². The first-order valence-corrected chi connectivity index (χ1v) is 3.93. The van der Waals surface area contributed by atoms with Gasteiger partial charge in [0, 0.05) is 11.5 Å². The predicted octanol–water partition coefficient (Wildman–Crippen LogP) is 3.46. The maximum atomic E-state index is 13.0. The van der Waals surface area contributed by atoms with Gasteiger partial charge in [-0.25, -0.2) is 8.78 Å². The molecule has 0 aliphatic carbocycles. The summed E-state index contributed by atoms with van der Waals surface area (Å²) in [6.45, 7) is 0. The first-order valence-electron chi connectivity index (χ1n) is 3.93. The summed E-state index contributed by atoms with van der Waals surface area (Å²) >= 11 is 0. The van der Waals surface area contributed by atoms with Gasteiger partial charge in [-0.15, -0.1) is 0 Å². The molecule has 0 unspecified atom stereocenters. The highest BCUT2D eigenvalue weighted by Crippen LogP contribution is 2.32. The molecule has 0 radical (unpaired) electrons. The van der Waals surface area contributed by atoms with Crippen molar-refractivity contribution < 1.29 is 22.0 Å². The lowest BCUT2D eigenvalue weighted by atomic mass is 10.2. The molecule has 2 aromatic rings. The average molecular weight is 221 g/mol. The molecule has 0 amide bonds. The molecule has 0 atom stereocenters. The molecule has 0 saturated carbocycles. The minimum absolute atomic E-state index is 0.139. The van der Waals surface area contributed by atoms with E-state index in [0.717, 1.165) is 6.07 Å². The number of halogens is 5. The quantitative estimate of drug-likeness (QED) is 0.655. The lowest BCUT2D eigenvalue weighted by Gasteiger charge is -2.00. The van der Waals surface area contributed by atoms with Crippen molar-refractivity contribution in [3.8, 4) is 0 Å². The second-order valence-corrected chi connectivity index (χ2v) is 3.03. The third kappa shape index (κ3) is 1.67. The molecular weight excluding hydrogens is 217 g/mol. The average Bonchev–Trinajstić information content (AvgIpc) is 2.46. The van der Waals surface area contributed by atoms with Crippen LogP contribution in [0.25, 0.3) is 10.9 Å². The smallest absolute Gasteiger partial charge is 0.349 e. The topological polar surface area (TPSA) is 15.8 Å². The summed E-state index contributed by atoms with van der Waals surface area (Å²) in [4.78, 5) is 1.86. The van der Waals surface area contributed by atoms with Crippen molar-refractivity contribution >= 4 is 10.9 Å². The van der Waals surface area contributed by atoms with Gasteiger partial charge in [-0.05, 0) is 12.1 Å². The van der Waals surface area contributed by atoms with Crippen LogP contribution in [0.2, 0.25) is 0 Å². The number of fused-ring (bicyclic) bond motifs is 1. The Kier molecular flexibility index (Phi) is 1.95. The molecule has 15 heavy (non-hydrogen) atoms. The number of aromatic amines is 1. The summed E-state index contributed by atoms with van der Waals surface area (Å²) < 4.78 is 62.3. The van der Waals surface area contributed by atoms with Gasteiger partial charge in [-0.1, -0.05) is 0 Å². The molecule has 6 heteroatoms. The van der Waals surface area contributed by atoms with Crippen LogP contribution in [0.15, 0.2) is 18.2 Å². The zero-order valence-electron chi connectivity index (χ0n) is 7.12. The highest BCUT2D eigenvalue weighted by Gasteiger charge is 2.32. The van der Waals surface area contributed by atoms with Crippen LogP contribution in [0, 0.1) is 11.6 Å². The second kappa shape index (κ2) is 2.95. The summed E-state index contributed by atoms with van der Waals surface area (Å²) in [5, 5.41) is -0.139. The van der Waals surface area contributed by atoms with Crippen molar-refractivity contribution in [3.63, 3.8) is 0 Å². The molecule has 2 rings (SSSR count). The Morgan fingerprint density at radius 2 is 1.67 bits per heavy atom. The van der Waals surface area contributed by atoms with E-state index in [1.165, 1.54) is 0 Å². The highest BCUT2D eigenvalue weighted by atomic mass is 19.4. The van der Waals surface area contributed by atoms with Crippen molar-refractivity contribution in [2.45, 2.75) is 6.18 Å². The van der Waals surface area contributed by atoms with Crippen LogP contribution in [0.1, 0.15) is 5.69 Å². The standard InChI is InChI=1S/C9H4F5N/c10-5-1-4-2-7(9(12,13)14)15-8(4)6(11)3-5/h1-3,15H. The number of H-pyrrole nitrogens is 1. The Hall–Kier alpha value is -1.59. The maximum absolute atomic E-state index is 13.0. The zero-order chi connectivity index (χ0) is 11.2. The molecule has 1 nitrogen and oxygen atoms in total. The molecule has 0 bridgehead atoms. The van der Waals surface area contributed by atoms with E-state index in [4.69, 9.17) is 0 Å². The normalized spacial score (nSPS) is 12.3. The van der Waals surface area contributed by atoms with Crippen LogP contribution in [0.3, 0.4) is 0 Å². The minimum atomic E-state index is -4.60. The SMILES string of the molecule is Fc1cc(F)c2[nH]c(C(F)(F)F)cc2c1. The predicted molar refractivity (Wildman–Crippen MR) is 43.2 cm³/mol. The van der Waals surface area contributed by atoms with E-state index < -0.39 is 23.5 Å². The van der Waals surface area contributed by atoms with Gasteiger partial charge in [0.25, 0.3) is 0 Å². The lowest BCUT2D eigenvalue weighted by Crippen LogP contribution is -2.04. The summed E-state index contributed by atoms with van der Waals surface area (Å²) in [6, 6.07) is 2.03. The van der Waals surface area contributed by atoms with Gasteiger partial charge < -0.3 is 4.98 Å². The van der Waals surface area contributed by atoms with Crippen LogP contribution in [0.5, 0.6) is 0 Å². The third-order valence-electron chi connectivity index (χ3n) is 1.95. The van der Waals surface area contributed by atoms with E-state index >= 15 is 0 Å². The van der Waals surface area contributed by atoms with Gasteiger partial charge in [0.2, 0.25) is 0 Å². The van der Waals surface area contributed by atoms with Crippen LogP contribution in [-0.4, -0.2) is 4.98 Å². The molecule has 1 heterocycles. The fourth-order valence-corrected chi connectivity index (χ4v) is 1.32. The largest absolute Gasteiger partial charge is 0.431 e. The number of hydrogen-bond donors (Lipinski definition) is 1. The fourth-order valence-electron chi connectivity index (χ4n) is 1.32. The summed E-state index contributed by atoms with van der Waals surface area (Å²) in [6.07, 6.45) is -4.60. The van der Waals surface area contributed by atoms with E-state index in [0.29, 0.717) is 12.1 Å². The van der Waals surface area contributed by atoms with Crippen molar-refractivity contribution in [2.75, 3.05) is 0 Å². The number of aromatic nitrogens is 1.